The minimum atomic E-state index is -0.356. The second-order valence-corrected chi connectivity index (χ2v) is 4.20. The summed E-state index contributed by atoms with van der Waals surface area (Å²) in [6.45, 7) is 8.08. The number of carbonyl (C=O) groups excluding carboxylic acids is 2. The fourth-order valence-electron chi connectivity index (χ4n) is 1.19. The van der Waals surface area contributed by atoms with Gasteiger partial charge in [0.05, 0.1) is 0 Å². The van der Waals surface area contributed by atoms with Gasteiger partial charge in [-0.25, -0.2) is 0 Å². The van der Waals surface area contributed by atoms with E-state index in [0.717, 1.165) is 0 Å². The fraction of sp³-hybridized carbons (Fsp3) is 0.818. The van der Waals surface area contributed by atoms with Gasteiger partial charge in [0, 0.05) is 24.8 Å². The van der Waals surface area contributed by atoms with Crippen molar-refractivity contribution in [3.63, 3.8) is 0 Å². The summed E-state index contributed by atoms with van der Waals surface area (Å²) in [5.41, 5.74) is 0. The number of hydrogen-bond donors (Lipinski definition) is 1. The molecule has 1 unspecified atom stereocenters. The van der Waals surface area contributed by atoms with Crippen LogP contribution in [0.25, 0.3) is 0 Å². The van der Waals surface area contributed by atoms with Crippen molar-refractivity contribution in [2.75, 3.05) is 0 Å². The standard InChI is InChI=1S/C11H21NO3/c1-8(2)10(14)5-6-11(15-7-13)12-9(3)4/h7-9,11-12H,5-6H2,1-4H3. The molecule has 0 saturated heterocycles. The van der Waals surface area contributed by atoms with Crippen LogP contribution in [-0.4, -0.2) is 24.5 Å². The molecule has 0 aliphatic rings. The van der Waals surface area contributed by atoms with Crippen molar-refractivity contribution in [2.45, 2.75) is 52.8 Å². The van der Waals surface area contributed by atoms with E-state index in [0.29, 0.717) is 19.3 Å². The topological polar surface area (TPSA) is 55.4 Å². The van der Waals surface area contributed by atoms with Crippen molar-refractivity contribution in [1.29, 1.82) is 0 Å². The molecular formula is C11H21NO3. The lowest BCUT2D eigenvalue weighted by molar-refractivity contribution is -0.137. The van der Waals surface area contributed by atoms with Crippen molar-refractivity contribution < 1.29 is 14.3 Å². The first-order valence-electron chi connectivity index (χ1n) is 5.35. The molecular weight excluding hydrogens is 194 g/mol. The molecule has 0 bridgehead atoms. The first kappa shape index (κ1) is 14.1. The highest BCUT2D eigenvalue weighted by Gasteiger charge is 2.14. The van der Waals surface area contributed by atoms with Crippen LogP contribution >= 0.6 is 0 Å². The zero-order valence-electron chi connectivity index (χ0n) is 9.95. The van der Waals surface area contributed by atoms with E-state index in [4.69, 9.17) is 4.74 Å². The molecule has 4 heteroatoms. The first-order chi connectivity index (χ1) is 6.97. The minimum Gasteiger partial charge on any atom is -0.449 e. The lowest BCUT2D eigenvalue weighted by Crippen LogP contribution is -2.37. The Balaban J connectivity index is 3.94. The van der Waals surface area contributed by atoms with E-state index in [1.165, 1.54) is 0 Å². The number of ether oxygens (including phenoxy) is 1. The molecule has 0 heterocycles. The Morgan fingerprint density at radius 1 is 1.33 bits per heavy atom. The molecule has 15 heavy (non-hydrogen) atoms. The molecule has 0 rings (SSSR count). The van der Waals surface area contributed by atoms with E-state index in [-0.39, 0.29) is 24.0 Å². The van der Waals surface area contributed by atoms with E-state index in [9.17, 15) is 9.59 Å². The van der Waals surface area contributed by atoms with E-state index in [1.54, 1.807) is 0 Å². The normalized spacial score (nSPS) is 12.9. The van der Waals surface area contributed by atoms with Crippen LogP contribution in [0.3, 0.4) is 0 Å². The van der Waals surface area contributed by atoms with Gasteiger partial charge < -0.3 is 4.74 Å². The maximum atomic E-state index is 11.4. The first-order valence-corrected chi connectivity index (χ1v) is 5.35. The Bertz CT molecular complexity index is 202. The van der Waals surface area contributed by atoms with Crippen molar-refractivity contribution in [3.05, 3.63) is 0 Å². The Labute approximate surface area is 91.4 Å². The zero-order chi connectivity index (χ0) is 11.8. The molecule has 0 fully saturated rings. The molecule has 0 amide bonds. The van der Waals surface area contributed by atoms with Crippen molar-refractivity contribution >= 4 is 12.3 Å². The van der Waals surface area contributed by atoms with E-state index in [1.807, 2.05) is 27.7 Å². The van der Waals surface area contributed by atoms with E-state index < -0.39 is 0 Å². The van der Waals surface area contributed by atoms with Crippen molar-refractivity contribution in [2.24, 2.45) is 5.92 Å². The van der Waals surface area contributed by atoms with E-state index >= 15 is 0 Å². The van der Waals surface area contributed by atoms with Crippen LogP contribution in [0, 0.1) is 5.92 Å². The number of rotatable bonds is 8. The van der Waals surface area contributed by atoms with Gasteiger partial charge in [0.2, 0.25) is 0 Å². The van der Waals surface area contributed by atoms with Crippen LogP contribution in [0.2, 0.25) is 0 Å². The molecule has 0 radical (unpaired) electrons. The van der Waals surface area contributed by atoms with Crippen LogP contribution in [0.4, 0.5) is 0 Å². The highest BCUT2D eigenvalue weighted by molar-refractivity contribution is 5.80. The molecule has 0 aromatic heterocycles. The van der Waals surface area contributed by atoms with Gasteiger partial charge in [0.25, 0.3) is 6.47 Å². The van der Waals surface area contributed by atoms with Gasteiger partial charge in [-0.1, -0.05) is 13.8 Å². The van der Waals surface area contributed by atoms with Gasteiger partial charge in [-0.2, -0.15) is 0 Å². The summed E-state index contributed by atoms with van der Waals surface area (Å²) in [5, 5.41) is 3.07. The molecule has 0 aromatic rings. The second kappa shape index (κ2) is 7.40. The summed E-state index contributed by atoms with van der Waals surface area (Å²) in [6.07, 6.45) is 0.620. The third kappa shape index (κ3) is 7.08. The quantitative estimate of drug-likeness (QED) is 0.492. The van der Waals surface area contributed by atoms with Gasteiger partial charge in [-0.05, 0) is 13.8 Å². The van der Waals surface area contributed by atoms with Crippen molar-refractivity contribution in [1.82, 2.24) is 5.32 Å². The maximum Gasteiger partial charge on any atom is 0.294 e. The number of nitrogens with one attached hydrogen (secondary N) is 1. The molecule has 0 spiro atoms. The predicted octanol–water partition coefficient (Wildman–Crippen LogP) is 1.49. The molecule has 1 N–H and O–H groups in total. The van der Waals surface area contributed by atoms with Gasteiger partial charge in [-0.3, -0.25) is 14.9 Å². The molecule has 88 valence electrons. The lowest BCUT2D eigenvalue weighted by atomic mass is 10.0. The van der Waals surface area contributed by atoms with Crippen LogP contribution in [0.5, 0.6) is 0 Å². The van der Waals surface area contributed by atoms with Gasteiger partial charge in [0.1, 0.15) is 5.78 Å². The van der Waals surface area contributed by atoms with Crippen LogP contribution in [0.1, 0.15) is 40.5 Å². The summed E-state index contributed by atoms with van der Waals surface area (Å²) < 4.78 is 4.84. The average molecular weight is 215 g/mol. The zero-order valence-corrected chi connectivity index (χ0v) is 9.95. The number of Topliss-reactive ketones (excluding diaryl/α,β-unsaturated/α-hetero) is 1. The molecule has 4 nitrogen and oxygen atoms in total. The fourth-order valence-corrected chi connectivity index (χ4v) is 1.19. The highest BCUT2D eigenvalue weighted by Crippen LogP contribution is 2.06. The maximum absolute atomic E-state index is 11.4. The second-order valence-electron chi connectivity index (χ2n) is 4.20. The minimum absolute atomic E-state index is 0.0425. The Kier molecular flexibility index (Phi) is 6.96. The third-order valence-corrected chi connectivity index (χ3v) is 2.04. The Morgan fingerprint density at radius 3 is 2.33 bits per heavy atom. The predicted molar refractivity (Wildman–Crippen MR) is 58.3 cm³/mol. The van der Waals surface area contributed by atoms with Gasteiger partial charge >= 0.3 is 0 Å². The largest absolute Gasteiger partial charge is 0.449 e. The number of hydrogen-bond acceptors (Lipinski definition) is 4. The van der Waals surface area contributed by atoms with E-state index in [2.05, 4.69) is 5.32 Å². The summed E-state index contributed by atoms with van der Waals surface area (Å²) in [6, 6.07) is 0.226. The van der Waals surface area contributed by atoms with Crippen LogP contribution in [-0.2, 0) is 14.3 Å². The lowest BCUT2D eigenvalue weighted by Gasteiger charge is -2.19. The monoisotopic (exact) mass is 215 g/mol. The smallest absolute Gasteiger partial charge is 0.294 e. The molecule has 1 atom stereocenters. The summed E-state index contributed by atoms with van der Waals surface area (Å²) in [7, 11) is 0. The average Bonchev–Trinajstić information content (AvgIpc) is 2.13. The number of carbonyl (C=O) groups is 2. The van der Waals surface area contributed by atoms with Crippen LogP contribution in [0.15, 0.2) is 0 Å². The summed E-state index contributed by atoms with van der Waals surface area (Å²) in [5.74, 6) is 0.237. The number of ketones is 1. The SMILES string of the molecule is CC(C)NC(CCC(=O)C(C)C)OC=O. The third-order valence-electron chi connectivity index (χ3n) is 2.04. The van der Waals surface area contributed by atoms with Crippen molar-refractivity contribution in [3.8, 4) is 0 Å². The molecule has 0 aromatic carbocycles. The molecule has 0 aliphatic heterocycles. The van der Waals surface area contributed by atoms with Crippen LogP contribution < -0.4 is 5.32 Å². The summed E-state index contributed by atoms with van der Waals surface area (Å²) in [4.78, 5) is 21.6. The van der Waals surface area contributed by atoms with Gasteiger partial charge in [0.15, 0.2) is 6.23 Å². The summed E-state index contributed by atoms with van der Waals surface area (Å²) >= 11 is 0. The molecule has 0 saturated carbocycles. The molecule has 0 aliphatic carbocycles. The Morgan fingerprint density at radius 2 is 1.93 bits per heavy atom. The highest BCUT2D eigenvalue weighted by atomic mass is 16.5. The van der Waals surface area contributed by atoms with Gasteiger partial charge in [-0.15, -0.1) is 0 Å². The Hall–Kier alpha value is -0.900.